The summed E-state index contributed by atoms with van der Waals surface area (Å²) in [5.74, 6) is 1.84. The summed E-state index contributed by atoms with van der Waals surface area (Å²) in [6, 6.07) is 14.4. The molecule has 1 aromatic heterocycles. The lowest BCUT2D eigenvalue weighted by Crippen LogP contribution is -2.27. The number of hydrogen-bond acceptors (Lipinski definition) is 5. The van der Waals surface area contributed by atoms with Crippen molar-refractivity contribution in [2.75, 3.05) is 29.4 Å². The Bertz CT molecular complexity index is 930. The first-order chi connectivity index (χ1) is 14.0. The summed E-state index contributed by atoms with van der Waals surface area (Å²) >= 11 is 0. The van der Waals surface area contributed by atoms with Crippen LogP contribution in [0.1, 0.15) is 31.7 Å². The fourth-order valence-electron chi connectivity index (χ4n) is 4.87. The smallest absolute Gasteiger partial charge is 0.414 e. The molecular weight excluding hydrogens is 366 g/mol. The van der Waals surface area contributed by atoms with Gasteiger partial charge in [0.1, 0.15) is 17.7 Å². The number of nitrogens with zero attached hydrogens (tertiary/aromatic N) is 3. The number of carbonyl (C=O) groups is 2. The van der Waals surface area contributed by atoms with Gasteiger partial charge in [0.05, 0.1) is 6.54 Å². The van der Waals surface area contributed by atoms with Crippen LogP contribution in [0.25, 0.3) is 0 Å². The van der Waals surface area contributed by atoms with Crippen LogP contribution in [0.3, 0.4) is 0 Å². The molecule has 150 valence electrons. The van der Waals surface area contributed by atoms with Gasteiger partial charge in [0.25, 0.3) is 0 Å². The van der Waals surface area contributed by atoms with E-state index < -0.39 is 0 Å². The van der Waals surface area contributed by atoms with Crippen molar-refractivity contribution in [2.24, 2.45) is 5.92 Å². The van der Waals surface area contributed by atoms with Crippen molar-refractivity contribution in [2.45, 2.75) is 37.7 Å². The maximum atomic E-state index is 12.2. The number of pyridine rings is 1. The highest BCUT2D eigenvalue weighted by molar-refractivity contribution is 5.89. The molecule has 2 unspecified atom stereocenters. The van der Waals surface area contributed by atoms with Crippen LogP contribution < -0.4 is 9.80 Å². The number of hydrogen-bond donors (Lipinski definition) is 0. The monoisotopic (exact) mass is 391 g/mol. The number of amides is 1. The Morgan fingerprint density at radius 3 is 2.76 bits per heavy atom. The molecule has 3 fully saturated rings. The highest BCUT2D eigenvalue weighted by Crippen LogP contribution is 2.59. The number of Topliss-reactive ketones (excluding diaryl/α,β-unsaturated/α-hetero) is 1. The van der Waals surface area contributed by atoms with Gasteiger partial charge in [0.2, 0.25) is 0 Å². The van der Waals surface area contributed by atoms with Crippen LogP contribution in [-0.4, -0.2) is 42.6 Å². The van der Waals surface area contributed by atoms with Crippen molar-refractivity contribution >= 4 is 23.4 Å². The van der Waals surface area contributed by atoms with Crippen LogP contribution >= 0.6 is 0 Å². The molecule has 6 heteroatoms. The zero-order chi connectivity index (χ0) is 20.0. The average Bonchev–Trinajstić information content (AvgIpc) is 3.10. The van der Waals surface area contributed by atoms with Gasteiger partial charge in [-0.15, -0.1) is 0 Å². The molecule has 3 heterocycles. The summed E-state index contributed by atoms with van der Waals surface area (Å²) in [6.45, 7) is 4.12. The second-order valence-corrected chi connectivity index (χ2v) is 8.53. The molecule has 6 nitrogen and oxygen atoms in total. The van der Waals surface area contributed by atoms with Crippen molar-refractivity contribution in [1.29, 1.82) is 0 Å². The van der Waals surface area contributed by atoms with Crippen molar-refractivity contribution in [3.8, 4) is 0 Å². The summed E-state index contributed by atoms with van der Waals surface area (Å²) in [5, 5.41) is 0. The zero-order valence-electron chi connectivity index (χ0n) is 16.6. The highest BCUT2D eigenvalue weighted by atomic mass is 16.6. The second kappa shape index (κ2) is 6.87. The van der Waals surface area contributed by atoms with E-state index in [2.05, 4.69) is 28.1 Å². The fourth-order valence-corrected chi connectivity index (χ4v) is 4.87. The number of piperidine rings is 1. The van der Waals surface area contributed by atoms with E-state index in [1.54, 1.807) is 11.8 Å². The minimum Gasteiger partial charge on any atom is -0.444 e. The molecule has 2 aliphatic heterocycles. The molecule has 5 rings (SSSR count). The quantitative estimate of drug-likeness (QED) is 0.754. The van der Waals surface area contributed by atoms with E-state index in [-0.39, 0.29) is 23.4 Å². The van der Waals surface area contributed by atoms with Crippen LogP contribution in [0, 0.1) is 5.92 Å². The van der Waals surface area contributed by atoms with Crippen LogP contribution in [0.15, 0.2) is 48.7 Å². The third-order valence-corrected chi connectivity index (χ3v) is 6.57. The Hall–Kier alpha value is -2.89. The lowest BCUT2D eigenvalue weighted by Gasteiger charge is -2.22. The molecular formula is C23H25N3O3. The molecule has 1 aromatic carbocycles. The standard InChI is InChI=1S/C23H25N3O3/c1-16(27)5-10-20-14-26(22(28)29-20)19-8-6-17(7-9-19)23-12-18(23)13-25(15-23)21-4-2-3-11-24-21/h2-4,6-9,11,18,20H,5,10,12-15H2,1H3/t18?,20-,23?/m0/s1. The molecule has 3 atom stereocenters. The first-order valence-corrected chi connectivity index (χ1v) is 10.3. The Balaban J connectivity index is 1.27. The van der Waals surface area contributed by atoms with E-state index in [9.17, 15) is 9.59 Å². The maximum Gasteiger partial charge on any atom is 0.414 e. The second-order valence-electron chi connectivity index (χ2n) is 8.53. The highest BCUT2D eigenvalue weighted by Gasteiger charge is 2.61. The van der Waals surface area contributed by atoms with Gasteiger partial charge in [-0.3, -0.25) is 4.90 Å². The fraction of sp³-hybridized carbons (Fsp3) is 0.435. The minimum atomic E-state index is -0.323. The maximum absolute atomic E-state index is 12.2. The van der Waals surface area contributed by atoms with E-state index >= 15 is 0 Å². The largest absolute Gasteiger partial charge is 0.444 e. The number of carbonyl (C=O) groups excluding carboxylic acids is 2. The van der Waals surface area contributed by atoms with E-state index in [1.165, 1.54) is 12.0 Å². The third-order valence-electron chi connectivity index (χ3n) is 6.57. The van der Waals surface area contributed by atoms with Crippen molar-refractivity contribution in [3.05, 3.63) is 54.2 Å². The Morgan fingerprint density at radius 2 is 2.03 bits per heavy atom. The van der Waals surface area contributed by atoms with Crippen LogP contribution in [0.4, 0.5) is 16.3 Å². The number of cyclic esters (lactones) is 1. The van der Waals surface area contributed by atoms with Crippen molar-refractivity contribution in [1.82, 2.24) is 4.98 Å². The molecule has 0 radical (unpaired) electrons. The predicted molar refractivity (Wildman–Crippen MR) is 110 cm³/mol. The van der Waals surface area contributed by atoms with Crippen molar-refractivity contribution in [3.63, 3.8) is 0 Å². The molecule has 1 amide bonds. The first-order valence-electron chi connectivity index (χ1n) is 10.3. The summed E-state index contributed by atoms with van der Waals surface area (Å²) < 4.78 is 5.42. The number of ketones is 1. The van der Waals surface area contributed by atoms with Gasteiger partial charge < -0.3 is 14.4 Å². The van der Waals surface area contributed by atoms with Crippen LogP contribution in [0.2, 0.25) is 0 Å². The Labute approximate surface area is 170 Å². The van der Waals surface area contributed by atoms with Crippen molar-refractivity contribution < 1.29 is 14.3 Å². The molecule has 0 spiro atoms. The van der Waals surface area contributed by atoms with E-state index in [4.69, 9.17) is 4.74 Å². The predicted octanol–water partition coefficient (Wildman–Crippen LogP) is 3.55. The van der Waals surface area contributed by atoms with E-state index in [0.29, 0.717) is 25.3 Å². The Kier molecular flexibility index (Phi) is 4.30. The van der Waals surface area contributed by atoms with Crippen LogP contribution in [0.5, 0.6) is 0 Å². The topological polar surface area (TPSA) is 62.7 Å². The first kappa shape index (κ1) is 18.2. The van der Waals surface area contributed by atoms with Gasteiger partial charge in [0.15, 0.2) is 0 Å². The molecule has 1 saturated carbocycles. The van der Waals surface area contributed by atoms with Crippen LogP contribution in [-0.2, 0) is 14.9 Å². The summed E-state index contributed by atoms with van der Waals surface area (Å²) in [7, 11) is 0. The number of anilines is 2. The molecule has 3 aliphatic rings. The van der Waals surface area contributed by atoms with Gasteiger partial charge in [-0.2, -0.15) is 0 Å². The number of fused-ring (bicyclic) bond motifs is 1. The van der Waals surface area contributed by atoms with E-state index in [1.807, 2.05) is 30.5 Å². The lowest BCUT2D eigenvalue weighted by atomic mass is 9.94. The summed E-state index contributed by atoms with van der Waals surface area (Å²) in [6.07, 6.45) is 3.56. The number of ether oxygens (including phenoxy) is 1. The zero-order valence-corrected chi connectivity index (χ0v) is 16.6. The van der Waals surface area contributed by atoms with Gasteiger partial charge >= 0.3 is 6.09 Å². The lowest BCUT2D eigenvalue weighted by molar-refractivity contribution is -0.117. The van der Waals surface area contributed by atoms with Gasteiger partial charge in [0, 0.05) is 36.8 Å². The molecule has 2 saturated heterocycles. The molecule has 2 aromatic rings. The molecule has 1 aliphatic carbocycles. The minimum absolute atomic E-state index is 0.124. The molecule has 0 N–H and O–H groups in total. The number of aromatic nitrogens is 1. The molecule has 29 heavy (non-hydrogen) atoms. The number of rotatable bonds is 6. The van der Waals surface area contributed by atoms with Gasteiger partial charge in [-0.05, 0) is 55.5 Å². The van der Waals surface area contributed by atoms with Gasteiger partial charge in [-0.25, -0.2) is 9.78 Å². The van der Waals surface area contributed by atoms with E-state index in [0.717, 1.165) is 24.6 Å². The Morgan fingerprint density at radius 1 is 1.21 bits per heavy atom. The van der Waals surface area contributed by atoms with Gasteiger partial charge in [-0.1, -0.05) is 18.2 Å². The average molecular weight is 391 g/mol. The SMILES string of the molecule is CC(=O)CC[C@H]1CN(c2ccc(C34CC3CN(c3ccccn3)C4)cc2)C(=O)O1. The normalized spacial score (nSPS) is 27.7. The number of benzene rings is 1. The summed E-state index contributed by atoms with van der Waals surface area (Å²) in [5.41, 5.74) is 2.41. The summed E-state index contributed by atoms with van der Waals surface area (Å²) in [4.78, 5) is 32.0. The molecule has 0 bridgehead atoms. The third kappa shape index (κ3) is 3.26.